The van der Waals surface area contributed by atoms with E-state index in [9.17, 15) is 0 Å². The van der Waals surface area contributed by atoms with Gasteiger partial charge in [0.1, 0.15) is 12.3 Å². The molecule has 1 aliphatic rings. The molecule has 0 atom stereocenters. The Labute approximate surface area is 208 Å². The number of aliphatic imine (C=N–C) groups is 1. The Morgan fingerprint density at radius 3 is 2.66 bits per heavy atom. The van der Waals surface area contributed by atoms with Crippen molar-refractivity contribution >= 4 is 29.9 Å². The van der Waals surface area contributed by atoms with Crippen molar-refractivity contribution in [3.8, 4) is 0 Å². The van der Waals surface area contributed by atoms with Gasteiger partial charge in [0.05, 0.1) is 25.2 Å². The number of guanidine groups is 1. The third-order valence-corrected chi connectivity index (χ3v) is 5.67. The van der Waals surface area contributed by atoms with Crippen LogP contribution in [0.25, 0.3) is 0 Å². The predicted octanol–water partition coefficient (Wildman–Crippen LogP) is 3.79. The fourth-order valence-electron chi connectivity index (χ4n) is 3.73. The van der Waals surface area contributed by atoms with E-state index in [2.05, 4.69) is 34.5 Å². The molecule has 0 aromatic carbocycles. The summed E-state index contributed by atoms with van der Waals surface area (Å²) in [5.41, 5.74) is 1.03. The first-order chi connectivity index (χ1) is 15.3. The van der Waals surface area contributed by atoms with Gasteiger partial charge >= 0.3 is 0 Å². The van der Waals surface area contributed by atoms with Gasteiger partial charge in [-0.1, -0.05) is 19.0 Å². The molecule has 0 saturated carbocycles. The van der Waals surface area contributed by atoms with Crippen LogP contribution < -0.4 is 10.6 Å². The molecule has 0 aliphatic carbocycles. The van der Waals surface area contributed by atoms with Crippen LogP contribution in [0, 0.1) is 0 Å². The number of hydrogen-bond acceptors (Lipinski definition) is 6. The highest BCUT2D eigenvalue weighted by Crippen LogP contribution is 2.22. The maximum Gasteiger partial charge on any atom is 0.191 e. The minimum absolute atomic E-state index is 0. The quantitative estimate of drug-likeness (QED) is 0.177. The molecule has 1 fully saturated rings. The number of morpholine rings is 1. The topological polar surface area (TPSA) is 88.1 Å². The number of rotatable bonds is 12. The number of nitrogens with one attached hydrogen (secondary N) is 2. The summed E-state index contributed by atoms with van der Waals surface area (Å²) in [6, 6.07) is 5.94. The Bertz CT molecular complexity index is 756. The minimum Gasteiger partial charge on any atom is -0.469 e. The van der Waals surface area contributed by atoms with E-state index in [0.29, 0.717) is 12.5 Å². The Balaban J connectivity index is 0.00000363. The molecule has 1 saturated heterocycles. The van der Waals surface area contributed by atoms with Crippen LogP contribution in [0.15, 0.2) is 38.4 Å². The molecule has 9 heteroatoms. The third-order valence-electron chi connectivity index (χ3n) is 5.67. The lowest BCUT2D eigenvalue weighted by atomic mass is 9.99. The lowest BCUT2D eigenvalue weighted by Gasteiger charge is -2.26. The van der Waals surface area contributed by atoms with Crippen molar-refractivity contribution in [2.24, 2.45) is 4.99 Å². The Hall–Kier alpha value is -1.59. The highest BCUT2D eigenvalue weighted by molar-refractivity contribution is 14.0. The second-order valence-corrected chi connectivity index (χ2v) is 7.89. The second kappa shape index (κ2) is 15.3. The molecular weight excluding hydrogens is 521 g/mol. The van der Waals surface area contributed by atoms with Gasteiger partial charge in [0.25, 0.3) is 0 Å². The molecule has 180 valence electrons. The van der Waals surface area contributed by atoms with Gasteiger partial charge in [-0.3, -0.25) is 4.90 Å². The zero-order valence-electron chi connectivity index (χ0n) is 19.3. The molecule has 0 unspecified atom stereocenters. The number of hydrogen-bond donors (Lipinski definition) is 2. The summed E-state index contributed by atoms with van der Waals surface area (Å²) >= 11 is 0. The van der Waals surface area contributed by atoms with E-state index in [4.69, 9.17) is 18.7 Å². The molecule has 0 amide bonds. The Kier molecular flexibility index (Phi) is 12.7. The average molecular weight is 559 g/mol. The summed E-state index contributed by atoms with van der Waals surface area (Å²) in [5, 5.41) is 11.1. The van der Waals surface area contributed by atoms with Gasteiger partial charge < -0.3 is 24.3 Å². The number of aromatic nitrogens is 1. The van der Waals surface area contributed by atoms with Crippen LogP contribution in [0.2, 0.25) is 0 Å². The van der Waals surface area contributed by atoms with Crippen LogP contribution in [-0.4, -0.2) is 62.0 Å². The summed E-state index contributed by atoms with van der Waals surface area (Å²) in [5.74, 6) is 2.99. The molecule has 2 aromatic heterocycles. The van der Waals surface area contributed by atoms with Crippen LogP contribution in [0.4, 0.5) is 0 Å². The van der Waals surface area contributed by atoms with Crippen molar-refractivity contribution in [3.05, 3.63) is 41.7 Å². The first kappa shape index (κ1) is 26.7. The van der Waals surface area contributed by atoms with Crippen molar-refractivity contribution in [1.82, 2.24) is 20.7 Å². The number of halogens is 1. The standard InChI is InChI=1S/C23H37N5O3.HI/c1-3-19(4-2)22-17-21(31-27-22)18-26-23(25-10-8-20-7-5-14-30-20)24-9-6-11-28-12-15-29-16-13-28;/h5,7,14,17,19H,3-4,6,8-13,15-16,18H2,1-2H3,(H2,24,25,26);1H. The largest absolute Gasteiger partial charge is 0.469 e. The average Bonchev–Trinajstić information content (AvgIpc) is 3.49. The molecule has 3 rings (SSSR count). The molecule has 0 bridgehead atoms. The first-order valence-electron chi connectivity index (χ1n) is 11.6. The molecule has 3 heterocycles. The maximum absolute atomic E-state index is 5.52. The first-order valence-corrected chi connectivity index (χ1v) is 11.6. The van der Waals surface area contributed by atoms with E-state index >= 15 is 0 Å². The van der Waals surface area contributed by atoms with E-state index in [0.717, 1.165) is 94.8 Å². The van der Waals surface area contributed by atoms with Gasteiger partial charge in [-0.2, -0.15) is 0 Å². The van der Waals surface area contributed by atoms with Crippen molar-refractivity contribution in [1.29, 1.82) is 0 Å². The summed E-state index contributed by atoms with van der Waals surface area (Å²) in [6.07, 6.45) is 5.70. The lowest BCUT2D eigenvalue weighted by Crippen LogP contribution is -2.41. The third kappa shape index (κ3) is 9.11. The smallest absolute Gasteiger partial charge is 0.191 e. The van der Waals surface area contributed by atoms with Crippen molar-refractivity contribution in [2.45, 2.75) is 52.0 Å². The molecule has 1 aliphatic heterocycles. The summed E-state index contributed by atoms with van der Waals surface area (Å²) in [6.45, 7) is 11.2. The maximum atomic E-state index is 5.52. The molecule has 8 nitrogen and oxygen atoms in total. The Morgan fingerprint density at radius 1 is 1.16 bits per heavy atom. The summed E-state index contributed by atoms with van der Waals surface area (Å²) in [7, 11) is 0. The van der Waals surface area contributed by atoms with Gasteiger partial charge in [0.15, 0.2) is 11.7 Å². The number of ether oxygens (including phenoxy) is 1. The molecule has 0 spiro atoms. The van der Waals surface area contributed by atoms with Crippen molar-refractivity contribution < 1.29 is 13.7 Å². The highest BCUT2D eigenvalue weighted by atomic mass is 127. The normalized spacial score (nSPS) is 15.0. The molecule has 2 aromatic rings. The molecular formula is C23H38IN5O3. The summed E-state index contributed by atoms with van der Waals surface area (Å²) < 4.78 is 16.4. The van der Waals surface area contributed by atoms with Crippen LogP contribution in [0.1, 0.15) is 56.2 Å². The van der Waals surface area contributed by atoms with Crippen LogP contribution in [0.3, 0.4) is 0 Å². The number of nitrogens with zero attached hydrogens (tertiary/aromatic N) is 3. The van der Waals surface area contributed by atoms with Gasteiger partial charge in [0.2, 0.25) is 0 Å². The Morgan fingerprint density at radius 2 is 1.94 bits per heavy atom. The van der Waals surface area contributed by atoms with Crippen molar-refractivity contribution in [2.75, 3.05) is 45.9 Å². The van der Waals surface area contributed by atoms with E-state index in [-0.39, 0.29) is 24.0 Å². The van der Waals surface area contributed by atoms with Gasteiger partial charge in [-0.25, -0.2) is 4.99 Å². The van der Waals surface area contributed by atoms with Crippen LogP contribution >= 0.6 is 24.0 Å². The highest BCUT2D eigenvalue weighted by Gasteiger charge is 2.13. The monoisotopic (exact) mass is 559 g/mol. The molecule has 32 heavy (non-hydrogen) atoms. The lowest BCUT2D eigenvalue weighted by molar-refractivity contribution is 0.0376. The van der Waals surface area contributed by atoms with E-state index in [1.54, 1.807) is 6.26 Å². The fourth-order valence-corrected chi connectivity index (χ4v) is 3.73. The van der Waals surface area contributed by atoms with Crippen LogP contribution in [-0.2, 0) is 17.7 Å². The molecule has 0 radical (unpaired) electrons. The van der Waals surface area contributed by atoms with Crippen LogP contribution in [0.5, 0.6) is 0 Å². The zero-order chi connectivity index (χ0) is 21.7. The van der Waals surface area contributed by atoms with E-state index in [1.165, 1.54) is 0 Å². The zero-order valence-corrected chi connectivity index (χ0v) is 21.7. The van der Waals surface area contributed by atoms with Gasteiger partial charge in [-0.05, 0) is 37.9 Å². The summed E-state index contributed by atoms with van der Waals surface area (Å²) in [4.78, 5) is 7.16. The minimum atomic E-state index is 0. The predicted molar refractivity (Wildman–Crippen MR) is 137 cm³/mol. The number of furan rings is 1. The van der Waals surface area contributed by atoms with Crippen molar-refractivity contribution in [3.63, 3.8) is 0 Å². The van der Waals surface area contributed by atoms with E-state index in [1.807, 2.05) is 18.2 Å². The van der Waals surface area contributed by atoms with Gasteiger partial charge in [0, 0.05) is 44.6 Å². The second-order valence-electron chi connectivity index (χ2n) is 7.89. The fraction of sp³-hybridized carbons (Fsp3) is 0.652. The van der Waals surface area contributed by atoms with E-state index < -0.39 is 0 Å². The molecule has 2 N–H and O–H groups in total. The van der Waals surface area contributed by atoms with Gasteiger partial charge in [-0.15, -0.1) is 24.0 Å². The SMILES string of the molecule is CCC(CC)c1cc(CN=C(NCCCN2CCOCC2)NCCc2ccco2)on1.I.